The number of terminal acetylenes is 1. The molecule has 0 saturated carbocycles. The van der Waals surface area contributed by atoms with Gasteiger partial charge in [-0.3, -0.25) is 4.79 Å². The molecule has 0 rings (SSSR count). The van der Waals surface area contributed by atoms with Crippen molar-refractivity contribution in [2.75, 3.05) is 6.54 Å². The average molecular weight is 256 g/mol. The lowest BCUT2D eigenvalue weighted by molar-refractivity contribution is -0.125. The second-order valence-electron chi connectivity index (χ2n) is 4.79. The highest BCUT2D eigenvalue weighted by molar-refractivity contribution is 5.86. The van der Waals surface area contributed by atoms with E-state index in [4.69, 9.17) is 11.2 Å². The quantitative estimate of drug-likeness (QED) is 0.618. The Bertz CT molecular complexity index is 339. The van der Waals surface area contributed by atoms with Gasteiger partial charge < -0.3 is 20.5 Å². The molecule has 0 fully saturated rings. The predicted molar refractivity (Wildman–Crippen MR) is 66.7 cm³/mol. The zero-order valence-corrected chi connectivity index (χ0v) is 11.1. The van der Waals surface area contributed by atoms with Gasteiger partial charge in [-0.05, 0) is 27.7 Å². The van der Waals surface area contributed by atoms with Gasteiger partial charge in [-0.1, -0.05) is 5.92 Å². The SMILES string of the molecule is C#CCNC(=O)[C@@H](NC(=O)OC(C)(C)C)[C@H](C)O. The molecule has 0 aromatic carbocycles. The molecule has 0 heterocycles. The van der Waals surface area contributed by atoms with E-state index in [-0.39, 0.29) is 6.54 Å². The Morgan fingerprint density at radius 1 is 1.44 bits per heavy atom. The number of rotatable bonds is 4. The molecule has 0 radical (unpaired) electrons. The molecule has 0 aromatic rings. The number of nitrogens with one attached hydrogen (secondary N) is 2. The van der Waals surface area contributed by atoms with Crippen LogP contribution < -0.4 is 10.6 Å². The van der Waals surface area contributed by atoms with E-state index in [1.807, 2.05) is 0 Å². The van der Waals surface area contributed by atoms with Gasteiger partial charge >= 0.3 is 6.09 Å². The number of carbonyl (C=O) groups excluding carboxylic acids is 2. The Balaban J connectivity index is 4.50. The van der Waals surface area contributed by atoms with Crippen LogP contribution in [0, 0.1) is 12.3 Å². The summed E-state index contributed by atoms with van der Waals surface area (Å²) in [6, 6.07) is -1.10. The molecule has 3 N–H and O–H groups in total. The van der Waals surface area contributed by atoms with Crippen LogP contribution in [0.5, 0.6) is 0 Å². The van der Waals surface area contributed by atoms with Gasteiger partial charge in [0.15, 0.2) is 0 Å². The maximum atomic E-state index is 11.6. The van der Waals surface area contributed by atoms with Gasteiger partial charge in [0, 0.05) is 0 Å². The van der Waals surface area contributed by atoms with Crippen molar-refractivity contribution in [1.29, 1.82) is 0 Å². The third kappa shape index (κ3) is 6.76. The molecule has 0 spiro atoms. The van der Waals surface area contributed by atoms with Crippen molar-refractivity contribution in [3.8, 4) is 12.3 Å². The molecule has 0 aliphatic heterocycles. The van der Waals surface area contributed by atoms with Crippen LogP contribution in [0.3, 0.4) is 0 Å². The molecular weight excluding hydrogens is 236 g/mol. The number of alkyl carbamates (subject to hydrolysis) is 1. The van der Waals surface area contributed by atoms with Crippen molar-refractivity contribution in [2.24, 2.45) is 0 Å². The zero-order chi connectivity index (χ0) is 14.3. The van der Waals surface area contributed by atoms with Crippen LogP contribution in [0.2, 0.25) is 0 Å². The van der Waals surface area contributed by atoms with Crippen LogP contribution in [0.25, 0.3) is 0 Å². The van der Waals surface area contributed by atoms with E-state index < -0.39 is 29.7 Å². The number of aliphatic hydroxyl groups excluding tert-OH is 1. The highest BCUT2D eigenvalue weighted by Gasteiger charge is 2.27. The minimum atomic E-state index is -1.10. The predicted octanol–water partition coefficient (Wildman–Crippen LogP) is 0.00990. The first-order valence-corrected chi connectivity index (χ1v) is 5.56. The Kier molecular flexibility index (Phi) is 6.20. The first kappa shape index (κ1) is 16.3. The standard InChI is InChI=1S/C12H20N2O4/c1-6-7-13-10(16)9(8(2)15)14-11(17)18-12(3,4)5/h1,8-9,15H,7H2,2-5H3,(H,13,16)(H,14,17)/t8-,9-/m0/s1. The van der Waals surface area contributed by atoms with Gasteiger partial charge in [-0.15, -0.1) is 6.42 Å². The third-order valence-corrected chi connectivity index (χ3v) is 1.80. The van der Waals surface area contributed by atoms with E-state index in [9.17, 15) is 14.7 Å². The first-order chi connectivity index (χ1) is 8.17. The molecule has 102 valence electrons. The molecule has 0 saturated heterocycles. The normalized spacial score (nSPS) is 14.0. The van der Waals surface area contributed by atoms with Gasteiger partial charge in [0.05, 0.1) is 12.6 Å². The second kappa shape index (κ2) is 6.87. The number of amides is 2. The number of hydrogen-bond donors (Lipinski definition) is 3. The minimum absolute atomic E-state index is 0.0258. The summed E-state index contributed by atoms with van der Waals surface area (Å²) >= 11 is 0. The highest BCUT2D eigenvalue weighted by atomic mass is 16.6. The maximum absolute atomic E-state index is 11.6. The lowest BCUT2D eigenvalue weighted by atomic mass is 10.1. The van der Waals surface area contributed by atoms with E-state index in [1.54, 1.807) is 20.8 Å². The minimum Gasteiger partial charge on any atom is -0.444 e. The highest BCUT2D eigenvalue weighted by Crippen LogP contribution is 2.07. The number of ether oxygens (including phenoxy) is 1. The molecule has 0 aliphatic carbocycles. The number of aliphatic hydroxyl groups is 1. The van der Waals surface area contributed by atoms with Crippen LogP contribution in [0.4, 0.5) is 4.79 Å². The fourth-order valence-electron chi connectivity index (χ4n) is 1.09. The van der Waals surface area contributed by atoms with E-state index in [1.165, 1.54) is 6.92 Å². The summed E-state index contributed by atoms with van der Waals surface area (Å²) in [5, 5.41) is 14.1. The van der Waals surface area contributed by atoms with Gasteiger partial charge in [-0.25, -0.2) is 4.79 Å². The van der Waals surface area contributed by atoms with Crippen LogP contribution >= 0.6 is 0 Å². The fourth-order valence-corrected chi connectivity index (χ4v) is 1.09. The molecule has 18 heavy (non-hydrogen) atoms. The molecule has 2 amide bonds. The molecule has 6 nitrogen and oxygen atoms in total. The maximum Gasteiger partial charge on any atom is 0.408 e. The van der Waals surface area contributed by atoms with E-state index in [0.717, 1.165) is 0 Å². The molecule has 0 unspecified atom stereocenters. The van der Waals surface area contributed by atoms with Crippen molar-refractivity contribution in [1.82, 2.24) is 10.6 Å². The van der Waals surface area contributed by atoms with E-state index in [2.05, 4.69) is 16.6 Å². The van der Waals surface area contributed by atoms with Crippen LogP contribution in [0.15, 0.2) is 0 Å². The van der Waals surface area contributed by atoms with Gasteiger partial charge in [0.25, 0.3) is 0 Å². The Morgan fingerprint density at radius 3 is 2.39 bits per heavy atom. The van der Waals surface area contributed by atoms with Crippen LogP contribution in [-0.4, -0.2) is 41.4 Å². The fraction of sp³-hybridized carbons (Fsp3) is 0.667. The molecule has 6 heteroatoms. The largest absolute Gasteiger partial charge is 0.444 e. The molecule has 0 bridgehead atoms. The summed E-state index contributed by atoms with van der Waals surface area (Å²) < 4.78 is 4.99. The third-order valence-electron chi connectivity index (χ3n) is 1.80. The first-order valence-electron chi connectivity index (χ1n) is 5.56. The summed E-state index contributed by atoms with van der Waals surface area (Å²) in [5.41, 5.74) is -0.678. The summed E-state index contributed by atoms with van der Waals surface area (Å²) in [5.74, 6) is 1.67. The molecule has 0 aromatic heterocycles. The average Bonchev–Trinajstić information content (AvgIpc) is 2.19. The lowest BCUT2D eigenvalue weighted by Gasteiger charge is -2.24. The Morgan fingerprint density at radius 2 is 2.00 bits per heavy atom. The van der Waals surface area contributed by atoms with Crippen molar-refractivity contribution < 1.29 is 19.4 Å². The lowest BCUT2D eigenvalue weighted by Crippen LogP contribution is -2.53. The smallest absolute Gasteiger partial charge is 0.408 e. The topological polar surface area (TPSA) is 87.7 Å². The van der Waals surface area contributed by atoms with Crippen molar-refractivity contribution in [2.45, 2.75) is 45.4 Å². The Labute approximate surface area is 107 Å². The van der Waals surface area contributed by atoms with Gasteiger partial charge in [0.1, 0.15) is 11.6 Å². The Hall–Kier alpha value is -1.74. The van der Waals surface area contributed by atoms with Crippen molar-refractivity contribution >= 4 is 12.0 Å². The summed E-state index contributed by atoms with van der Waals surface area (Å²) in [6.45, 7) is 6.50. The molecule has 0 aliphatic rings. The monoisotopic (exact) mass is 256 g/mol. The van der Waals surface area contributed by atoms with Crippen molar-refractivity contribution in [3.05, 3.63) is 0 Å². The zero-order valence-electron chi connectivity index (χ0n) is 11.1. The summed E-state index contributed by atoms with van der Waals surface area (Å²) in [4.78, 5) is 23.1. The molecule has 2 atom stereocenters. The van der Waals surface area contributed by atoms with E-state index in [0.29, 0.717) is 0 Å². The van der Waals surface area contributed by atoms with Gasteiger partial charge in [0.2, 0.25) is 5.91 Å². The second-order valence-corrected chi connectivity index (χ2v) is 4.79. The summed E-state index contributed by atoms with van der Waals surface area (Å²) in [7, 11) is 0. The number of carbonyl (C=O) groups is 2. The number of hydrogen-bond acceptors (Lipinski definition) is 4. The van der Waals surface area contributed by atoms with Crippen molar-refractivity contribution in [3.63, 3.8) is 0 Å². The van der Waals surface area contributed by atoms with Crippen LogP contribution in [0.1, 0.15) is 27.7 Å². The van der Waals surface area contributed by atoms with Gasteiger partial charge in [-0.2, -0.15) is 0 Å². The van der Waals surface area contributed by atoms with E-state index >= 15 is 0 Å². The summed E-state index contributed by atoms with van der Waals surface area (Å²) in [6.07, 6.45) is 3.16. The molecular formula is C12H20N2O4. The van der Waals surface area contributed by atoms with Crippen LogP contribution in [-0.2, 0) is 9.53 Å².